The Labute approximate surface area is 123 Å². The van der Waals surface area contributed by atoms with Gasteiger partial charge in [-0.2, -0.15) is 13.2 Å². The smallest absolute Gasteiger partial charge is 0.326 e. The summed E-state index contributed by atoms with van der Waals surface area (Å²) in [7, 11) is 0. The van der Waals surface area contributed by atoms with Crippen LogP contribution in [0.5, 0.6) is 0 Å². The molecule has 1 aromatic carbocycles. The maximum Gasteiger partial charge on any atom is 0.434 e. The molecule has 0 unspecified atom stereocenters. The minimum atomic E-state index is -4.43. The van der Waals surface area contributed by atoms with Gasteiger partial charge < -0.3 is 5.73 Å². The third kappa shape index (κ3) is 3.74. The molecule has 0 atom stereocenters. The van der Waals surface area contributed by atoms with E-state index in [0.29, 0.717) is 10.8 Å². The van der Waals surface area contributed by atoms with Gasteiger partial charge in [0.1, 0.15) is 5.01 Å². The highest BCUT2D eigenvalue weighted by atomic mass is 32.2. The lowest BCUT2D eigenvalue weighted by molar-refractivity contribution is -0.141. The first-order valence-electron chi connectivity index (χ1n) is 5.85. The molecule has 20 heavy (non-hydrogen) atoms. The van der Waals surface area contributed by atoms with Crippen LogP contribution in [0.1, 0.15) is 21.1 Å². The molecule has 0 aliphatic heterocycles. The number of nitrogens with zero attached hydrogens (tertiary/aromatic N) is 1. The van der Waals surface area contributed by atoms with Crippen LogP contribution in [0.2, 0.25) is 0 Å². The molecule has 2 rings (SSSR count). The Morgan fingerprint density at radius 3 is 2.40 bits per heavy atom. The van der Waals surface area contributed by atoms with Crippen LogP contribution in [0, 0.1) is 6.92 Å². The first-order valence-corrected chi connectivity index (χ1v) is 7.65. The fourth-order valence-corrected chi connectivity index (χ4v) is 3.46. The number of rotatable bonds is 4. The van der Waals surface area contributed by atoms with Crippen molar-refractivity contribution in [3.05, 3.63) is 45.4 Å². The number of benzene rings is 1. The van der Waals surface area contributed by atoms with Crippen LogP contribution >= 0.6 is 23.1 Å². The average molecular weight is 318 g/mol. The SMILES string of the molecule is Cc1ccc(SCc2nc(C(F)(F)F)c(CN)s2)cc1. The van der Waals surface area contributed by atoms with Crippen LogP contribution in [-0.4, -0.2) is 4.98 Å². The Hall–Kier alpha value is -1.05. The number of aromatic nitrogens is 1. The van der Waals surface area contributed by atoms with Crippen molar-refractivity contribution in [3.63, 3.8) is 0 Å². The standard InChI is InChI=1S/C13H13F3N2S2/c1-8-2-4-9(5-3-8)19-7-11-18-12(13(14,15)16)10(6-17)20-11/h2-5H,6-7,17H2,1H3. The summed E-state index contributed by atoms with van der Waals surface area (Å²) in [5.41, 5.74) is 5.65. The maximum atomic E-state index is 12.7. The number of aryl methyl sites for hydroxylation is 1. The van der Waals surface area contributed by atoms with Gasteiger partial charge in [0.05, 0.1) is 10.6 Å². The summed E-state index contributed by atoms with van der Waals surface area (Å²) < 4.78 is 38.2. The number of thioether (sulfide) groups is 1. The summed E-state index contributed by atoms with van der Waals surface area (Å²) in [6.45, 7) is 1.85. The second-order valence-electron chi connectivity index (χ2n) is 4.18. The molecule has 0 fully saturated rings. The number of hydrogen-bond acceptors (Lipinski definition) is 4. The highest BCUT2D eigenvalue weighted by Gasteiger charge is 2.36. The zero-order chi connectivity index (χ0) is 14.8. The van der Waals surface area contributed by atoms with Gasteiger partial charge in [-0.1, -0.05) is 17.7 Å². The fourth-order valence-electron chi connectivity index (χ4n) is 1.60. The second kappa shape index (κ2) is 6.15. The third-order valence-corrected chi connectivity index (χ3v) is 4.86. The van der Waals surface area contributed by atoms with Crippen molar-refractivity contribution in [1.29, 1.82) is 0 Å². The van der Waals surface area contributed by atoms with Crippen LogP contribution in [-0.2, 0) is 18.5 Å². The number of halogens is 3. The normalized spacial score (nSPS) is 11.8. The lowest BCUT2D eigenvalue weighted by atomic mass is 10.2. The molecule has 0 amide bonds. The molecule has 0 aliphatic carbocycles. The predicted molar refractivity (Wildman–Crippen MR) is 75.7 cm³/mol. The van der Waals surface area contributed by atoms with E-state index in [1.54, 1.807) is 0 Å². The first kappa shape index (κ1) is 15.3. The van der Waals surface area contributed by atoms with E-state index < -0.39 is 11.9 Å². The van der Waals surface area contributed by atoms with Crippen molar-refractivity contribution in [3.8, 4) is 0 Å². The van der Waals surface area contributed by atoms with Gasteiger partial charge in [-0.05, 0) is 19.1 Å². The summed E-state index contributed by atoms with van der Waals surface area (Å²) >= 11 is 2.50. The maximum absolute atomic E-state index is 12.7. The monoisotopic (exact) mass is 318 g/mol. The molecular weight excluding hydrogens is 305 g/mol. The van der Waals surface area contributed by atoms with Crippen molar-refractivity contribution in [2.24, 2.45) is 5.73 Å². The highest BCUT2D eigenvalue weighted by Crippen LogP contribution is 2.35. The van der Waals surface area contributed by atoms with E-state index in [1.807, 2.05) is 31.2 Å². The van der Waals surface area contributed by atoms with Crippen LogP contribution in [0.25, 0.3) is 0 Å². The second-order valence-corrected chi connectivity index (χ2v) is 6.40. The average Bonchev–Trinajstić information content (AvgIpc) is 2.81. The minimum absolute atomic E-state index is 0.0945. The van der Waals surface area contributed by atoms with E-state index in [1.165, 1.54) is 11.8 Å². The number of hydrogen-bond donors (Lipinski definition) is 1. The largest absolute Gasteiger partial charge is 0.434 e. The number of nitrogens with two attached hydrogens (primary N) is 1. The van der Waals surface area contributed by atoms with Gasteiger partial charge in [-0.15, -0.1) is 23.1 Å². The quantitative estimate of drug-likeness (QED) is 0.858. The molecule has 1 aromatic heterocycles. The third-order valence-electron chi connectivity index (χ3n) is 2.58. The molecule has 108 valence electrons. The molecule has 0 aliphatic rings. The van der Waals surface area contributed by atoms with Crippen LogP contribution in [0.4, 0.5) is 13.2 Å². The van der Waals surface area contributed by atoms with Gasteiger partial charge in [0.25, 0.3) is 0 Å². The molecule has 0 bridgehead atoms. The molecule has 2 aromatic rings. The van der Waals surface area contributed by atoms with E-state index in [4.69, 9.17) is 5.73 Å². The van der Waals surface area contributed by atoms with Crippen molar-refractivity contribution in [2.45, 2.75) is 30.3 Å². The highest BCUT2D eigenvalue weighted by molar-refractivity contribution is 7.98. The lowest BCUT2D eigenvalue weighted by Crippen LogP contribution is -2.10. The Kier molecular flexibility index (Phi) is 4.72. The van der Waals surface area contributed by atoms with Crippen LogP contribution in [0.15, 0.2) is 29.2 Å². The summed E-state index contributed by atoms with van der Waals surface area (Å²) in [6, 6.07) is 7.83. The molecular formula is C13H13F3N2S2. The Bertz CT molecular complexity index is 576. The molecule has 1 heterocycles. The van der Waals surface area contributed by atoms with E-state index in [0.717, 1.165) is 21.8 Å². The minimum Gasteiger partial charge on any atom is -0.326 e. The van der Waals surface area contributed by atoms with Crippen LogP contribution in [0.3, 0.4) is 0 Å². The molecule has 7 heteroatoms. The van der Waals surface area contributed by atoms with Gasteiger partial charge >= 0.3 is 6.18 Å². The van der Waals surface area contributed by atoms with Gasteiger partial charge in [-0.3, -0.25) is 0 Å². The molecule has 0 radical (unpaired) electrons. The number of alkyl halides is 3. The first-order chi connectivity index (χ1) is 9.40. The Morgan fingerprint density at radius 2 is 1.90 bits per heavy atom. The zero-order valence-corrected chi connectivity index (χ0v) is 12.3. The summed E-state index contributed by atoms with van der Waals surface area (Å²) in [6.07, 6.45) is -4.43. The van der Waals surface area contributed by atoms with E-state index in [9.17, 15) is 13.2 Å². The van der Waals surface area contributed by atoms with E-state index in [-0.39, 0.29) is 11.4 Å². The Morgan fingerprint density at radius 1 is 1.25 bits per heavy atom. The fraction of sp³-hybridized carbons (Fsp3) is 0.308. The molecule has 2 N–H and O–H groups in total. The molecule has 0 saturated carbocycles. The van der Waals surface area contributed by atoms with Crippen molar-refractivity contribution >= 4 is 23.1 Å². The van der Waals surface area contributed by atoms with Crippen LogP contribution < -0.4 is 5.73 Å². The summed E-state index contributed by atoms with van der Waals surface area (Å²) in [4.78, 5) is 4.78. The van der Waals surface area contributed by atoms with Crippen molar-refractivity contribution in [2.75, 3.05) is 0 Å². The van der Waals surface area contributed by atoms with E-state index in [2.05, 4.69) is 4.98 Å². The number of thiazole rings is 1. The van der Waals surface area contributed by atoms with E-state index >= 15 is 0 Å². The molecule has 2 nitrogen and oxygen atoms in total. The molecule has 0 spiro atoms. The summed E-state index contributed by atoms with van der Waals surface area (Å²) in [5.74, 6) is 0.413. The van der Waals surface area contributed by atoms with Gasteiger partial charge in [0, 0.05) is 11.4 Å². The zero-order valence-electron chi connectivity index (χ0n) is 10.7. The van der Waals surface area contributed by atoms with Gasteiger partial charge in [-0.25, -0.2) is 4.98 Å². The van der Waals surface area contributed by atoms with Gasteiger partial charge in [0.2, 0.25) is 0 Å². The van der Waals surface area contributed by atoms with Crippen molar-refractivity contribution in [1.82, 2.24) is 4.98 Å². The summed E-state index contributed by atoms with van der Waals surface area (Å²) in [5, 5.41) is 0.448. The van der Waals surface area contributed by atoms with Gasteiger partial charge in [0.15, 0.2) is 5.69 Å². The van der Waals surface area contributed by atoms with Crippen molar-refractivity contribution < 1.29 is 13.2 Å². The Balaban J connectivity index is 2.10. The predicted octanol–water partition coefficient (Wildman–Crippen LogP) is 4.22. The topological polar surface area (TPSA) is 38.9 Å². The molecule has 0 saturated heterocycles. The lowest BCUT2D eigenvalue weighted by Gasteiger charge is -2.03.